The van der Waals surface area contributed by atoms with Crippen molar-refractivity contribution < 1.29 is 9.90 Å². The molecule has 0 bridgehead atoms. The molecule has 106 valence electrons. The van der Waals surface area contributed by atoms with Gasteiger partial charge in [0, 0.05) is 26.1 Å². The van der Waals surface area contributed by atoms with Gasteiger partial charge in [-0.2, -0.15) is 0 Å². The Morgan fingerprint density at radius 2 is 2.53 bits per heavy atom. The number of fused-ring (bicyclic) bond motifs is 1. The van der Waals surface area contributed by atoms with E-state index in [-0.39, 0.29) is 18.6 Å². The number of nitrogens with one attached hydrogen (secondary N) is 3. The second kappa shape index (κ2) is 6.68. The zero-order valence-corrected chi connectivity index (χ0v) is 11.3. The summed E-state index contributed by atoms with van der Waals surface area (Å²) in [6.07, 6.45) is 4.13. The van der Waals surface area contributed by atoms with Gasteiger partial charge in [-0.1, -0.05) is 6.92 Å². The van der Waals surface area contributed by atoms with Gasteiger partial charge in [-0.15, -0.1) is 0 Å². The molecule has 0 spiro atoms. The van der Waals surface area contributed by atoms with E-state index < -0.39 is 0 Å². The normalized spacial score (nSPS) is 19.8. The smallest absolute Gasteiger partial charge is 0.237 e. The maximum atomic E-state index is 12.0. The monoisotopic (exact) mass is 266 g/mol. The summed E-state index contributed by atoms with van der Waals surface area (Å²) in [7, 11) is 0. The number of carbonyl (C=O) groups is 1. The van der Waals surface area contributed by atoms with Gasteiger partial charge in [-0.05, 0) is 18.8 Å². The molecule has 1 aromatic heterocycles. The van der Waals surface area contributed by atoms with E-state index in [0.717, 1.165) is 24.2 Å². The van der Waals surface area contributed by atoms with Crippen LogP contribution in [0.5, 0.6) is 0 Å². The summed E-state index contributed by atoms with van der Waals surface area (Å²) in [6, 6.07) is -0.189. The second-order valence-electron chi connectivity index (χ2n) is 5.19. The zero-order chi connectivity index (χ0) is 13.7. The largest absolute Gasteiger partial charge is 0.396 e. The highest BCUT2D eigenvalue weighted by atomic mass is 16.3. The topological polar surface area (TPSA) is 90.0 Å². The van der Waals surface area contributed by atoms with E-state index in [0.29, 0.717) is 25.4 Å². The van der Waals surface area contributed by atoms with Crippen molar-refractivity contribution in [3.05, 3.63) is 17.7 Å². The molecule has 1 aliphatic heterocycles. The fourth-order valence-electron chi connectivity index (χ4n) is 2.23. The molecular formula is C13H22N4O2. The lowest BCUT2D eigenvalue weighted by Gasteiger charge is -2.22. The number of hydrogen-bond donors (Lipinski definition) is 4. The van der Waals surface area contributed by atoms with Gasteiger partial charge < -0.3 is 15.4 Å². The Morgan fingerprint density at radius 1 is 1.68 bits per heavy atom. The molecule has 0 fully saturated rings. The molecule has 2 heterocycles. The summed E-state index contributed by atoms with van der Waals surface area (Å²) in [5.74, 6) is 0.335. The molecule has 2 atom stereocenters. The molecule has 4 N–H and O–H groups in total. The minimum atomic E-state index is -0.189. The number of H-pyrrole nitrogens is 1. The highest BCUT2D eigenvalue weighted by Crippen LogP contribution is 2.12. The lowest BCUT2D eigenvalue weighted by molar-refractivity contribution is -0.123. The summed E-state index contributed by atoms with van der Waals surface area (Å²) >= 11 is 0. The van der Waals surface area contributed by atoms with Gasteiger partial charge >= 0.3 is 0 Å². The fraction of sp³-hybridized carbons (Fsp3) is 0.692. The van der Waals surface area contributed by atoms with Crippen molar-refractivity contribution in [3.63, 3.8) is 0 Å². The molecule has 19 heavy (non-hydrogen) atoms. The van der Waals surface area contributed by atoms with Crippen molar-refractivity contribution in [2.45, 2.75) is 38.8 Å². The maximum absolute atomic E-state index is 12.0. The Bertz CT molecular complexity index is 419. The number of nitrogens with zero attached hydrogens (tertiary/aromatic N) is 1. The number of imidazole rings is 1. The molecule has 1 aromatic rings. The highest BCUT2D eigenvalue weighted by Gasteiger charge is 2.25. The molecule has 1 aliphatic rings. The Labute approximate surface area is 113 Å². The van der Waals surface area contributed by atoms with E-state index >= 15 is 0 Å². The molecule has 0 saturated carbocycles. The molecule has 6 nitrogen and oxygen atoms in total. The molecule has 2 unspecified atom stereocenters. The Morgan fingerprint density at radius 3 is 3.32 bits per heavy atom. The van der Waals surface area contributed by atoms with Crippen LogP contribution in [-0.2, 0) is 17.8 Å². The molecule has 0 radical (unpaired) electrons. The van der Waals surface area contributed by atoms with Gasteiger partial charge in [0.05, 0.1) is 23.8 Å². The average molecular weight is 266 g/mol. The maximum Gasteiger partial charge on any atom is 0.237 e. The van der Waals surface area contributed by atoms with Crippen LogP contribution in [-0.4, -0.2) is 40.2 Å². The lowest BCUT2D eigenvalue weighted by Crippen LogP contribution is -2.47. The fourth-order valence-corrected chi connectivity index (χ4v) is 2.23. The van der Waals surface area contributed by atoms with Crippen molar-refractivity contribution in [1.82, 2.24) is 20.6 Å². The summed E-state index contributed by atoms with van der Waals surface area (Å²) in [4.78, 5) is 19.3. The van der Waals surface area contributed by atoms with Crippen LogP contribution in [0.1, 0.15) is 31.2 Å². The number of hydrogen-bond acceptors (Lipinski definition) is 4. The number of carbonyl (C=O) groups excluding carboxylic acids is 1. The molecule has 0 aliphatic carbocycles. The highest BCUT2D eigenvalue weighted by molar-refractivity contribution is 5.82. The van der Waals surface area contributed by atoms with Crippen molar-refractivity contribution in [1.29, 1.82) is 0 Å². The molecule has 1 amide bonds. The van der Waals surface area contributed by atoms with Gasteiger partial charge in [0.1, 0.15) is 0 Å². The molecule has 0 aromatic carbocycles. The Kier molecular flexibility index (Phi) is 4.93. The number of aliphatic hydroxyl groups excluding tert-OH is 1. The molecule has 0 saturated heterocycles. The summed E-state index contributed by atoms with van der Waals surface area (Å²) in [5.41, 5.74) is 2.05. The number of amides is 1. The second-order valence-corrected chi connectivity index (χ2v) is 5.19. The van der Waals surface area contributed by atoms with Crippen LogP contribution in [0.15, 0.2) is 6.33 Å². The summed E-state index contributed by atoms with van der Waals surface area (Å²) in [6.45, 7) is 3.54. The molecule has 2 rings (SSSR count). The quantitative estimate of drug-likeness (QED) is 0.543. The van der Waals surface area contributed by atoms with Gasteiger partial charge in [0.2, 0.25) is 5.91 Å². The van der Waals surface area contributed by atoms with Gasteiger partial charge in [0.25, 0.3) is 0 Å². The van der Waals surface area contributed by atoms with E-state index in [1.54, 1.807) is 6.33 Å². The molecular weight excluding hydrogens is 244 g/mol. The van der Waals surface area contributed by atoms with Crippen LogP contribution < -0.4 is 10.6 Å². The van der Waals surface area contributed by atoms with Crippen molar-refractivity contribution in [2.24, 2.45) is 5.92 Å². The van der Waals surface area contributed by atoms with Gasteiger partial charge in [-0.25, -0.2) is 4.98 Å². The van der Waals surface area contributed by atoms with Gasteiger partial charge in [-0.3, -0.25) is 10.1 Å². The SMILES string of the molecule is CC(CO)CCCNC(=O)C1Cc2nc[nH]c2CN1. The third-order valence-corrected chi connectivity index (χ3v) is 3.53. The van der Waals surface area contributed by atoms with Crippen molar-refractivity contribution in [2.75, 3.05) is 13.2 Å². The van der Waals surface area contributed by atoms with E-state index in [1.807, 2.05) is 6.92 Å². The Hall–Kier alpha value is -1.40. The molecule has 6 heteroatoms. The predicted octanol–water partition coefficient (Wildman–Crippen LogP) is -0.0512. The van der Waals surface area contributed by atoms with Crippen LogP contribution in [0.2, 0.25) is 0 Å². The average Bonchev–Trinajstić information content (AvgIpc) is 2.90. The number of aliphatic hydroxyl groups is 1. The van der Waals surface area contributed by atoms with Crippen LogP contribution >= 0.6 is 0 Å². The van der Waals surface area contributed by atoms with E-state index in [4.69, 9.17) is 5.11 Å². The van der Waals surface area contributed by atoms with Crippen LogP contribution in [0, 0.1) is 5.92 Å². The first-order valence-corrected chi connectivity index (χ1v) is 6.83. The van der Waals surface area contributed by atoms with Crippen molar-refractivity contribution in [3.8, 4) is 0 Å². The van der Waals surface area contributed by atoms with E-state index in [1.165, 1.54) is 0 Å². The van der Waals surface area contributed by atoms with Crippen LogP contribution in [0.25, 0.3) is 0 Å². The third kappa shape index (κ3) is 3.78. The van der Waals surface area contributed by atoms with Crippen LogP contribution in [0.4, 0.5) is 0 Å². The zero-order valence-electron chi connectivity index (χ0n) is 11.3. The summed E-state index contributed by atoms with van der Waals surface area (Å²) < 4.78 is 0. The first-order valence-electron chi connectivity index (χ1n) is 6.83. The first-order chi connectivity index (χ1) is 9.20. The standard InChI is InChI=1S/C13H22N4O2/c1-9(7-18)3-2-4-14-13(19)11-5-10-12(6-15-11)17-8-16-10/h8-9,11,15,18H,2-7H2,1H3,(H,14,19)(H,16,17). The predicted molar refractivity (Wildman–Crippen MR) is 71.4 cm³/mol. The number of aromatic nitrogens is 2. The van der Waals surface area contributed by atoms with Crippen LogP contribution in [0.3, 0.4) is 0 Å². The van der Waals surface area contributed by atoms with E-state index in [9.17, 15) is 4.79 Å². The lowest BCUT2D eigenvalue weighted by atomic mass is 10.0. The Balaban J connectivity index is 1.70. The minimum absolute atomic E-state index is 0.0327. The van der Waals surface area contributed by atoms with Gasteiger partial charge in [0.15, 0.2) is 0 Å². The first kappa shape index (κ1) is 14.0. The number of rotatable bonds is 6. The van der Waals surface area contributed by atoms with Crippen molar-refractivity contribution >= 4 is 5.91 Å². The van der Waals surface area contributed by atoms with E-state index in [2.05, 4.69) is 20.6 Å². The minimum Gasteiger partial charge on any atom is -0.396 e. The number of aromatic amines is 1. The third-order valence-electron chi connectivity index (χ3n) is 3.53. The summed E-state index contributed by atoms with van der Waals surface area (Å²) in [5, 5.41) is 15.0.